The number of halogens is 1. The van der Waals surface area contributed by atoms with E-state index in [0.29, 0.717) is 0 Å². The topological polar surface area (TPSA) is 38.7 Å². The van der Waals surface area contributed by atoms with E-state index in [9.17, 15) is 0 Å². The van der Waals surface area contributed by atoms with E-state index in [0.717, 1.165) is 22.4 Å². The van der Waals surface area contributed by atoms with Crippen LogP contribution in [0.4, 0.5) is 0 Å². The lowest BCUT2D eigenvalue weighted by molar-refractivity contribution is 1.17. The molecule has 0 spiro atoms. The number of rotatable bonds is 2. The van der Waals surface area contributed by atoms with E-state index < -0.39 is 0 Å². The highest BCUT2D eigenvalue weighted by Crippen LogP contribution is 2.29. The molecule has 0 fully saturated rings. The summed E-state index contributed by atoms with van der Waals surface area (Å²) in [6.07, 6.45) is 6.99. The Bertz CT molecular complexity index is 699. The number of nitrogens with zero attached hydrogens (tertiary/aromatic N) is 3. The van der Waals surface area contributed by atoms with Crippen LogP contribution in [0.5, 0.6) is 0 Å². The minimum atomic E-state index is 0. The number of hydrogen-bond donors (Lipinski definition) is 0. The van der Waals surface area contributed by atoms with E-state index in [1.54, 1.807) is 18.7 Å². The molecule has 0 aliphatic rings. The van der Waals surface area contributed by atoms with Gasteiger partial charge in [0.2, 0.25) is 0 Å². The minimum Gasteiger partial charge on any atom is -0.265 e. The van der Waals surface area contributed by atoms with Crippen molar-refractivity contribution in [3.05, 3.63) is 66.9 Å². The van der Waals surface area contributed by atoms with Crippen LogP contribution in [0.15, 0.2) is 61.3 Å². The molecule has 20 heavy (non-hydrogen) atoms. The van der Waals surface area contributed by atoms with E-state index in [1.807, 2.05) is 24.4 Å². The second-order valence-corrected chi connectivity index (χ2v) is 4.39. The first-order chi connectivity index (χ1) is 9.34. The lowest BCUT2D eigenvalue weighted by Crippen LogP contribution is -1.91. The molecule has 0 unspecified atom stereocenters. The molecule has 0 N–H and O–H groups in total. The van der Waals surface area contributed by atoms with Crippen LogP contribution < -0.4 is 0 Å². The predicted molar refractivity (Wildman–Crippen MR) is 82.7 cm³/mol. The summed E-state index contributed by atoms with van der Waals surface area (Å²) in [5.41, 5.74) is 5.38. The Labute approximate surface area is 124 Å². The quantitative estimate of drug-likeness (QED) is 0.715. The van der Waals surface area contributed by atoms with E-state index >= 15 is 0 Å². The molecule has 2 aromatic heterocycles. The van der Waals surface area contributed by atoms with Crippen molar-refractivity contribution in [3.8, 4) is 22.4 Å². The summed E-state index contributed by atoms with van der Waals surface area (Å²) in [4.78, 5) is 12.6. The normalized spacial score (nSPS) is 9.85. The van der Waals surface area contributed by atoms with Gasteiger partial charge in [-0.15, -0.1) is 12.4 Å². The average molecular weight is 284 g/mol. The molecule has 0 amide bonds. The first-order valence-corrected chi connectivity index (χ1v) is 6.12. The molecule has 0 aliphatic heterocycles. The maximum absolute atomic E-state index is 4.42. The Morgan fingerprint density at radius 3 is 2.45 bits per heavy atom. The van der Waals surface area contributed by atoms with Crippen molar-refractivity contribution in [1.82, 2.24) is 15.0 Å². The van der Waals surface area contributed by atoms with Crippen LogP contribution in [-0.2, 0) is 0 Å². The third kappa shape index (κ3) is 2.83. The van der Waals surface area contributed by atoms with Crippen LogP contribution >= 0.6 is 12.4 Å². The average Bonchev–Trinajstić information content (AvgIpc) is 2.48. The van der Waals surface area contributed by atoms with Gasteiger partial charge in [0.25, 0.3) is 0 Å². The Morgan fingerprint density at radius 1 is 0.900 bits per heavy atom. The fourth-order valence-corrected chi connectivity index (χ4v) is 2.09. The first-order valence-electron chi connectivity index (χ1n) is 6.12. The van der Waals surface area contributed by atoms with Gasteiger partial charge in [-0.1, -0.05) is 29.8 Å². The number of hydrogen-bond acceptors (Lipinski definition) is 3. The van der Waals surface area contributed by atoms with E-state index in [1.165, 1.54) is 5.56 Å². The summed E-state index contributed by atoms with van der Waals surface area (Å²) >= 11 is 0. The van der Waals surface area contributed by atoms with Crippen molar-refractivity contribution >= 4 is 12.4 Å². The predicted octanol–water partition coefficient (Wildman–Crippen LogP) is 3.94. The van der Waals surface area contributed by atoms with E-state index in [4.69, 9.17) is 0 Å². The first kappa shape index (κ1) is 14.2. The van der Waals surface area contributed by atoms with Crippen molar-refractivity contribution in [1.29, 1.82) is 0 Å². The maximum Gasteiger partial charge on any atom is 0.116 e. The van der Waals surface area contributed by atoms with Crippen LogP contribution in [0.1, 0.15) is 5.56 Å². The molecule has 4 heteroatoms. The second-order valence-electron chi connectivity index (χ2n) is 4.39. The van der Waals surface area contributed by atoms with Crippen LogP contribution in [0.3, 0.4) is 0 Å². The molecule has 0 saturated carbocycles. The van der Waals surface area contributed by atoms with Gasteiger partial charge >= 0.3 is 0 Å². The largest absolute Gasteiger partial charge is 0.265 e. The molecule has 3 aromatic rings. The zero-order valence-electron chi connectivity index (χ0n) is 11.0. The molecule has 3 rings (SSSR count). The lowest BCUT2D eigenvalue weighted by atomic mass is 10.0. The number of pyridine rings is 1. The molecular formula is C16H14ClN3. The molecule has 0 radical (unpaired) electrons. The smallest absolute Gasteiger partial charge is 0.116 e. The van der Waals surface area contributed by atoms with Crippen molar-refractivity contribution in [3.63, 3.8) is 0 Å². The summed E-state index contributed by atoms with van der Waals surface area (Å²) in [5.74, 6) is 0. The van der Waals surface area contributed by atoms with Gasteiger partial charge in [0, 0.05) is 29.7 Å². The molecule has 1 aromatic carbocycles. The fraction of sp³-hybridized carbons (Fsp3) is 0.0625. The Hall–Kier alpha value is -2.26. The van der Waals surface area contributed by atoms with Gasteiger partial charge < -0.3 is 0 Å². The van der Waals surface area contributed by atoms with Gasteiger partial charge in [0.15, 0.2) is 0 Å². The van der Waals surface area contributed by atoms with Crippen LogP contribution in [0.2, 0.25) is 0 Å². The molecule has 0 bridgehead atoms. The summed E-state index contributed by atoms with van der Waals surface area (Å²) in [5, 5.41) is 0. The monoisotopic (exact) mass is 283 g/mol. The van der Waals surface area contributed by atoms with Crippen LogP contribution in [-0.4, -0.2) is 15.0 Å². The minimum absolute atomic E-state index is 0. The van der Waals surface area contributed by atoms with Gasteiger partial charge in [0.1, 0.15) is 6.33 Å². The molecule has 0 atom stereocenters. The fourth-order valence-electron chi connectivity index (χ4n) is 2.09. The molecule has 100 valence electrons. The van der Waals surface area contributed by atoms with Crippen molar-refractivity contribution in [2.75, 3.05) is 0 Å². The van der Waals surface area contributed by atoms with Gasteiger partial charge in [-0.3, -0.25) is 4.98 Å². The number of aryl methyl sites for hydroxylation is 1. The zero-order chi connectivity index (χ0) is 13.1. The second kappa shape index (κ2) is 6.26. The molecular weight excluding hydrogens is 270 g/mol. The Morgan fingerprint density at radius 2 is 1.70 bits per heavy atom. The molecule has 3 nitrogen and oxygen atoms in total. The maximum atomic E-state index is 4.42. The Balaban J connectivity index is 0.00000147. The van der Waals surface area contributed by atoms with Crippen LogP contribution in [0, 0.1) is 6.92 Å². The van der Waals surface area contributed by atoms with Crippen LogP contribution in [0.25, 0.3) is 22.4 Å². The van der Waals surface area contributed by atoms with Crippen molar-refractivity contribution in [2.45, 2.75) is 6.92 Å². The Kier molecular flexibility index (Phi) is 4.43. The highest BCUT2D eigenvalue weighted by Gasteiger charge is 2.08. The van der Waals surface area contributed by atoms with E-state index in [2.05, 4.69) is 40.1 Å². The summed E-state index contributed by atoms with van der Waals surface area (Å²) < 4.78 is 0. The molecule has 2 heterocycles. The summed E-state index contributed by atoms with van der Waals surface area (Å²) in [6, 6.07) is 12.3. The number of benzene rings is 1. The van der Waals surface area contributed by atoms with E-state index in [-0.39, 0.29) is 12.4 Å². The lowest BCUT2D eigenvalue weighted by Gasteiger charge is -2.08. The zero-order valence-corrected chi connectivity index (χ0v) is 11.8. The summed E-state index contributed by atoms with van der Waals surface area (Å²) in [6.45, 7) is 2.08. The van der Waals surface area contributed by atoms with Gasteiger partial charge in [0.05, 0.1) is 5.69 Å². The van der Waals surface area contributed by atoms with Crippen molar-refractivity contribution < 1.29 is 0 Å². The standard InChI is InChI=1S/C16H13N3.ClH/c1-12-3-2-4-14(9-12)15-10-18-11-19-16(15)13-5-7-17-8-6-13;/h2-11H,1H3;1H. The highest BCUT2D eigenvalue weighted by molar-refractivity contribution is 5.85. The van der Waals surface area contributed by atoms with Gasteiger partial charge in [-0.05, 0) is 24.6 Å². The third-order valence-electron chi connectivity index (χ3n) is 3.00. The number of aromatic nitrogens is 3. The van der Waals surface area contributed by atoms with Crippen molar-refractivity contribution in [2.24, 2.45) is 0 Å². The SMILES string of the molecule is Cc1cccc(-c2cncnc2-c2ccncc2)c1.Cl. The summed E-state index contributed by atoms with van der Waals surface area (Å²) in [7, 11) is 0. The molecule has 0 saturated heterocycles. The third-order valence-corrected chi connectivity index (χ3v) is 3.00. The highest BCUT2D eigenvalue weighted by atomic mass is 35.5. The van der Waals surface area contributed by atoms with Gasteiger partial charge in [-0.25, -0.2) is 9.97 Å². The molecule has 0 aliphatic carbocycles. The van der Waals surface area contributed by atoms with Gasteiger partial charge in [-0.2, -0.15) is 0 Å².